The fraction of sp³-hybridized carbons (Fsp3) is 0.0698. The van der Waals surface area contributed by atoms with Crippen LogP contribution >= 0.6 is 0 Å². The number of fused-ring (bicyclic) bond motifs is 1. The first-order valence-electron chi connectivity index (χ1n) is 18.3. The fourth-order valence-corrected chi connectivity index (χ4v) is 7.31. The van der Waals surface area contributed by atoms with Crippen LogP contribution in [0.4, 0.5) is 87.8 Å². The third-order valence-corrected chi connectivity index (χ3v) is 10.3. The van der Waals surface area contributed by atoms with E-state index >= 15 is 35.1 Å². The van der Waals surface area contributed by atoms with Crippen LogP contribution in [0.3, 0.4) is 0 Å². The molecule has 0 aliphatic heterocycles. The number of pyridine rings is 1. The Morgan fingerprint density at radius 3 is 1.03 bits per heavy atom. The maximum absolute atomic E-state index is 15.4. The number of nitrogens with zero attached hydrogens (tertiary/aromatic N) is 1. The number of hydrogen-bond acceptors (Lipinski definition) is 2. The lowest BCUT2D eigenvalue weighted by molar-refractivity contribution is -0.681. The molecular formula is C43H18BF20NO2. The second-order valence-electron chi connectivity index (χ2n) is 13.9. The fourth-order valence-electron chi connectivity index (χ4n) is 7.31. The zero-order valence-electron chi connectivity index (χ0n) is 32.7. The smallest absolute Gasteiger partial charge is 0.227 e. The molecule has 6 aromatic carbocycles. The van der Waals surface area contributed by atoms with Gasteiger partial charge in [0.25, 0.3) is 0 Å². The second kappa shape index (κ2) is 18.6. The summed E-state index contributed by atoms with van der Waals surface area (Å²) in [5.74, 6) is -70.5. The van der Waals surface area contributed by atoms with Crippen LogP contribution in [0.15, 0.2) is 67.0 Å². The van der Waals surface area contributed by atoms with E-state index in [-0.39, 0.29) is 5.78 Å². The highest BCUT2D eigenvalue weighted by atomic mass is 19.2. The number of aromatic nitrogens is 1. The van der Waals surface area contributed by atoms with E-state index in [9.17, 15) is 57.5 Å². The summed E-state index contributed by atoms with van der Waals surface area (Å²) in [5.41, 5.74) is -13.6. The van der Waals surface area contributed by atoms with E-state index in [4.69, 9.17) is 4.74 Å². The van der Waals surface area contributed by atoms with Gasteiger partial charge in [0, 0.05) is 17.0 Å². The first-order valence-corrected chi connectivity index (χ1v) is 18.3. The van der Waals surface area contributed by atoms with Crippen molar-refractivity contribution in [3.05, 3.63) is 189 Å². The topological polar surface area (TPSA) is 30.2 Å². The van der Waals surface area contributed by atoms with Crippen LogP contribution in [0.25, 0.3) is 10.8 Å². The third kappa shape index (κ3) is 8.04. The summed E-state index contributed by atoms with van der Waals surface area (Å²) >= 11 is 0. The molecule has 1 aromatic heterocycles. The third-order valence-electron chi connectivity index (χ3n) is 10.3. The van der Waals surface area contributed by atoms with Gasteiger partial charge in [0.2, 0.25) is 12.3 Å². The lowest BCUT2D eigenvalue weighted by Crippen LogP contribution is -2.81. The van der Waals surface area contributed by atoms with Crippen molar-refractivity contribution in [1.82, 2.24) is 0 Å². The van der Waals surface area contributed by atoms with Crippen LogP contribution in [0.1, 0.15) is 17.3 Å². The number of ether oxygens (including phenoxy) is 1. The predicted molar refractivity (Wildman–Crippen MR) is 195 cm³/mol. The lowest BCUT2D eigenvalue weighted by atomic mass is 9.12. The van der Waals surface area contributed by atoms with E-state index in [0.717, 1.165) is 11.1 Å². The number of carbonyl (C=O) groups excluding carboxylic acids is 1. The van der Waals surface area contributed by atoms with Gasteiger partial charge in [-0.1, -0.05) is 18.2 Å². The Morgan fingerprint density at radius 1 is 0.418 bits per heavy atom. The maximum Gasteiger partial charge on any atom is 0.227 e. The van der Waals surface area contributed by atoms with E-state index in [1.165, 1.54) is 5.39 Å². The summed E-state index contributed by atoms with van der Waals surface area (Å²) in [4.78, 5) is 12.4. The molecule has 0 N–H and O–H groups in total. The van der Waals surface area contributed by atoms with Gasteiger partial charge in [0.15, 0.2) is 82.2 Å². The number of carbonyl (C=O) groups is 1. The molecule has 0 aliphatic rings. The van der Waals surface area contributed by atoms with Crippen molar-refractivity contribution in [2.24, 2.45) is 0 Å². The van der Waals surface area contributed by atoms with Gasteiger partial charge in [0.05, 0.1) is 6.61 Å². The van der Waals surface area contributed by atoms with Crippen molar-refractivity contribution in [3.63, 3.8) is 0 Å². The standard InChI is InChI=1S/C24BF20.C19H18NO2/c26-5-1(6(27)14(35)21(42)13(5)34)25(2-7(28)15(36)22(43)16(37)8(2)29,3-9(30)17(38)23(44)18(39)10(3)31)4-11(32)19(40)24(45)20(41)12(4)33;1-2-22-18-9-7-16(8-10-18)19(21)14-20-12-11-15-5-3-4-6-17(15)13-20/h;3-13H,2,14H2,1H3/q-1;+1. The van der Waals surface area contributed by atoms with Gasteiger partial charge in [-0.3, -0.25) is 4.79 Å². The van der Waals surface area contributed by atoms with Crippen LogP contribution in [-0.2, 0) is 6.54 Å². The molecule has 7 aromatic rings. The number of benzene rings is 6. The SMILES string of the molecule is CCOc1ccc(C(=O)C[n+]2ccc3ccccc3c2)cc1.Fc1c(F)c(F)c([B-](c2c(F)c(F)c(F)c(F)c2F)(c2c(F)c(F)c(F)c(F)c2F)c2c(F)c(F)c(F)c(F)c2F)c(F)c1F. The minimum atomic E-state index is -7.22. The van der Waals surface area contributed by atoms with Crippen molar-refractivity contribution >= 4 is 44.6 Å². The van der Waals surface area contributed by atoms with Crippen molar-refractivity contribution in [1.29, 1.82) is 0 Å². The first kappa shape index (κ1) is 49.3. The van der Waals surface area contributed by atoms with Gasteiger partial charge in [-0.15, -0.1) is 21.9 Å². The largest absolute Gasteiger partial charge is 0.494 e. The van der Waals surface area contributed by atoms with Gasteiger partial charge in [-0.25, -0.2) is 87.8 Å². The molecular weight excluding hydrogens is 953 g/mol. The molecule has 0 saturated heterocycles. The predicted octanol–water partition coefficient (Wildman–Crippen LogP) is 9.25. The Labute approximate surface area is 361 Å². The van der Waals surface area contributed by atoms with E-state index in [2.05, 4.69) is 6.07 Å². The molecule has 0 spiro atoms. The minimum Gasteiger partial charge on any atom is -0.494 e. The number of halogens is 20. The van der Waals surface area contributed by atoms with E-state index in [1.807, 2.05) is 72.4 Å². The number of rotatable bonds is 9. The van der Waals surface area contributed by atoms with Crippen molar-refractivity contribution in [2.75, 3.05) is 6.61 Å². The van der Waals surface area contributed by atoms with Gasteiger partial charge in [-0.05, 0) is 42.6 Å². The normalized spacial score (nSPS) is 11.5. The Morgan fingerprint density at radius 2 is 0.716 bits per heavy atom. The molecule has 1 heterocycles. The molecule has 0 bridgehead atoms. The molecule has 7 rings (SSSR count). The summed E-state index contributed by atoms with van der Waals surface area (Å²) in [6.45, 7) is 2.90. The number of Topliss-reactive ketones (excluding diaryl/α,β-unsaturated/α-hetero) is 1. The summed E-state index contributed by atoms with van der Waals surface area (Å²) in [6, 6.07) is 17.5. The molecule has 24 heteroatoms. The van der Waals surface area contributed by atoms with Crippen LogP contribution in [0, 0.1) is 116 Å². The Balaban J connectivity index is 0.000000279. The van der Waals surface area contributed by atoms with E-state index < -0.39 is 144 Å². The molecule has 0 aliphatic carbocycles. The van der Waals surface area contributed by atoms with Crippen LogP contribution in [0.2, 0.25) is 0 Å². The van der Waals surface area contributed by atoms with Crippen molar-refractivity contribution in [3.8, 4) is 5.75 Å². The van der Waals surface area contributed by atoms with Crippen LogP contribution < -0.4 is 31.2 Å². The average Bonchev–Trinajstić information content (AvgIpc) is 3.31. The summed E-state index contributed by atoms with van der Waals surface area (Å²) in [6.07, 6.45) is -3.28. The highest BCUT2D eigenvalue weighted by Gasteiger charge is 2.52. The second-order valence-corrected chi connectivity index (χ2v) is 13.9. The molecule has 0 atom stereocenters. The number of ketones is 1. The lowest BCUT2D eigenvalue weighted by Gasteiger charge is -2.44. The summed E-state index contributed by atoms with van der Waals surface area (Å²) in [5, 5.41) is 2.30. The molecule has 3 nitrogen and oxygen atoms in total. The molecule has 0 radical (unpaired) electrons. The maximum atomic E-state index is 15.4. The molecule has 350 valence electrons. The zero-order chi connectivity index (χ0) is 49.7. The van der Waals surface area contributed by atoms with E-state index in [0.29, 0.717) is 18.7 Å². The molecule has 0 amide bonds. The van der Waals surface area contributed by atoms with E-state index in [1.54, 1.807) is 0 Å². The summed E-state index contributed by atoms with van der Waals surface area (Å²) in [7, 11) is 0. The monoisotopic (exact) mass is 971 g/mol. The quantitative estimate of drug-likeness (QED) is 0.0361. The van der Waals surface area contributed by atoms with Gasteiger partial charge in [-0.2, -0.15) is 4.57 Å². The summed E-state index contributed by atoms with van der Waals surface area (Å²) < 4.78 is 301. The molecule has 0 unspecified atom stereocenters. The zero-order valence-corrected chi connectivity index (χ0v) is 32.7. The van der Waals surface area contributed by atoms with Crippen molar-refractivity contribution in [2.45, 2.75) is 13.5 Å². The van der Waals surface area contributed by atoms with Gasteiger partial charge >= 0.3 is 0 Å². The van der Waals surface area contributed by atoms with Gasteiger partial charge < -0.3 is 4.74 Å². The average molecular weight is 971 g/mol. The first-order chi connectivity index (χ1) is 31.5. The Bertz CT molecular complexity index is 2770. The van der Waals surface area contributed by atoms with Gasteiger partial charge in [0.1, 0.15) is 58.4 Å². The molecule has 0 fully saturated rings. The Hall–Kier alpha value is -7.14. The minimum absolute atomic E-state index is 0.0864. The van der Waals surface area contributed by atoms with Crippen LogP contribution in [-0.4, -0.2) is 18.5 Å². The highest BCUT2D eigenvalue weighted by Crippen LogP contribution is 2.31. The highest BCUT2D eigenvalue weighted by molar-refractivity contribution is 7.20. The van der Waals surface area contributed by atoms with Crippen molar-refractivity contribution < 1.29 is 102 Å². The molecule has 0 saturated carbocycles. The molecule has 67 heavy (non-hydrogen) atoms. The van der Waals surface area contributed by atoms with Crippen LogP contribution in [0.5, 0.6) is 5.75 Å². The Kier molecular flexibility index (Phi) is 13.7. The number of hydrogen-bond donors (Lipinski definition) is 0.